The Bertz CT molecular complexity index is 620. The molecule has 1 aromatic carbocycles. The van der Waals surface area contributed by atoms with Gasteiger partial charge in [-0.2, -0.15) is 0 Å². The first kappa shape index (κ1) is 16.5. The van der Waals surface area contributed by atoms with Gasteiger partial charge in [0.25, 0.3) is 6.43 Å². The van der Waals surface area contributed by atoms with Crippen molar-refractivity contribution in [2.75, 3.05) is 13.2 Å². The number of halogens is 3. The molecule has 5 heteroatoms. The van der Waals surface area contributed by atoms with Gasteiger partial charge in [0.2, 0.25) is 0 Å². The molecule has 0 unspecified atom stereocenters. The Kier molecular flexibility index (Phi) is 5.55. The maximum absolute atomic E-state index is 12.8. The van der Waals surface area contributed by atoms with E-state index in [1.165, 1.54) is 4.90 Å². The molecule has 0 aromatic heterocycles. The van der Waals surface area contributed by atoms with Gasteiger partial charge in [-0.1, -0.05) is 19.2 Å². The third-order valence-electron chi connectivity index (χ3n) is 3.12. The summed E-state index contributed by atoms with van der Waals surface area (Å²) in [6, 6.07) is 7.28. The van der Waals surface area contributed by atoms with Crippen molar-refractivity contribution in [1.82, 2.24) is 4.90 Å². The molecule has 0 atom stereocenters. The molecular formula is C17H16BrF2NO. The molecule has 116 valence electrons. The number of hydrogen-bond acceptors (Lipinski definition) is 2. The van der Waals surface area contributed by atoms with Crippen LogP contribution in [0.3, 0.4) is 0 Å². The monoisotopic (exact) mass is 367 g/mol. The van der Waals surface area contributed by atoms with Crippen LogP contribution in [0.1, 0.15) is 5.56 Å². The van der Waals surface area contributed by atoms with Gasteiger partial charge in [0.1, 0.15) is 12.4 Å². The van der Waals surface area contributed by atoms with Crippen LogP contribution in [0, 0.1) is 0 Å². The third kappa shape index (κ3) is 3.85. The van der Waals surface area contributed by atoms with Crippen molar-refractivity contribution >= 4 is 21.6 Å². The Balaban J connectivity index is 2.27. The first-order valence-electron chi connectivity index (χ1n) is 6.69. The second-order valence-electron chi connectivity index (χ2n) is 4.64. The van der Waals surface area contributed by atoms with E-state index < -0.39 is 13.0 Å². The molecule has 0 spiro atoms. The van der Waals surface area contributed by atoms with Gasteiger partial charge in [0.05, 0.1) is 6.54 Å². The summed E-state index contributed by atoms with van der Waals surface area (Å²) in [5, 5.41) is 0. The highest BCUT2D eigenvalue weighted by molar-refractivity contribution is 9.12. The Morgan fingerprint density at radius 1 is 1.23 bits per heavy atom. The second kappa shape index (κ2) is 7.40. The summed E-state index contributed by atoms with van der Waals surface area (Å²) in [4.78, 5) is 1.51. The molecule has 1 aliphatic rings. The zero-order valence-electron chi connectivity index (χ0n) is 11.9. The molecule has 1 aliphatic heterocycles. The predicted molar refractivity (Wildman–Crippen MR) is 89.0 cm³/mol. The second-order valence-corrected chi connectivity index (χ2v) is 5.49. The Labute approximate surface area is 137 Å². The summed E-state index contributed by atoms with van der Waals surface area (Å²) in [5.74, 6) is 0.705. The Hall–Kier alpha value is -1.88. The fraction of sp³-hybridized carbons (Fsp3) is 0.176. The lowest BCUT2D eigenvalue weighted by atomic mass is 10.1. The van der Waals surface area contributed by atoms with E-state index in [0.717, 1.165) is 5.56 Å². The minimum atomic E-state index is -2.45. The molecule has 0 N–H and O–H groups in total. The Morgan fingerprint density at radius 2 is 1.91 bits per heavy atom. The van der Waals surface area contributed by atoms with Crippen LogP contribution in [0.5, 0.6) is 5.75 Å². The highest BCUT2D eigenvalue weighted by Crippen LogP contribution is 2.34. The molecule has 0 saturated carbocycles. The van der Waals surface area contributed by atoms with Crippen molar-refractivity contribution in [2.45, 2.75) is 6.43 Å². The van der Waals surface area contributed by atoms with Crippen LogP contribution in [0.15, 0.2) is 65.8 Å². The molecule has 2 rings (SSSR count). The molecule has 22 heavy (non-hydrogen) atoms. The number of benzene rings is 1. The van der Waals surface area contributed by atoms with Gasteiger partial charge in [-0.3, -0.25) is 0 Å². The molecule has 0 aliphatic carbocycles. The number of rotatable bonds is 6. The van der Waals surface area contributed by atoms with E-state index in [4.69, 9.17) is 4.74 Å². The van der Waals surface area contributed by atoms with Crippen LogP contribution in [0.4, 0.5) is 8.78 Å². The van der Waals surface area contributed by atoms with Gasteiger partial charge in [-0.05, 0) is 57.9 Å². The fourth-order valence-electron chi connectivity index (χ4n) is 2.09. The first-order chi connectivity index (χ1) is 10.5. The number of nitrogens with zero attached hydrogens (tertiary/aromatic N) is 1. The summed E-state index contributed by atoms with van der Waals surface area (Å²) >= 11 is 3.33. The largest absolute Gasteiger partial charge is 0.490 e. The molecule has 0 bridgehead atoms. The minimum Gasteiger partial charge on any atom is -0.490 e. The van der Waals surface area contributed by atoms with Crippen molar-refractivity contribution in [3.8, 4) is 5.75 Å². The van der Waals surface area contributed by atoms with Gasteiger partial charge >= 0.3 is 0 Å². The smallest absolute Gasteiger partial charge is 0.256 e. The summed E-state index contributed by atoms with van der Waals surface area (Å²) in [6.07, 6.45) is 2.81. The topological polar surface area (TPSA) is 12.5 Å². The number of ether oxygens (including phenoxy) is 1. The molecule has 1 heterocycles. The van der Waals surface area contributed by atoms with E-state index in [1.54, 1.807) is 24.3 Å². The lowest BCUT2D eigenvalue weighted by Gasteiger charge is -2.31. The molecule has 0 amide bonds. The number of alkyl halides is 2. The molecule has 2 nitrogen and oxygen atoms in total. The predicted octanol–water partition coefficient (Wildman–Crippen LogP) is 4.97. The zero-order valence-corrected chi connectivity index (χ0v) is 13.5. The lowest BCUT2D eigenvalue weighted by molar-refractivity contribution is 0.123. The number of allylic oxidation sites excluding steroid dienone is 3. The van der Waals surface area contributed by atoms with Crippen LogP contribution in [0.2, 0.25) is 0 Å². The van der Waals surface area contributed by atoms with Crippen molar-refractivity contribution in [1.29, 1.82) is 0 Å². The van der Waals surface area contributed by atoms with E-state index in [9.17, 15) is 8.78 Å². The summed E-state index contributed by atoms with van der Waals surface area (Å²) < 4.78 is 31.8. The van der Waals surface area contributed by atoms with Crippen LogP contribution in [0.25, 0.3) is 5.70 Å². The van der Waals surface area contributed by atoms with E-state index in [1.807, 2.05) is 18.2 Å². The first-order valence-corrected chi connectivity index (χ1v) is 7.49. The van der Waals surface area contributed by atoms with Crippen molar-refractivity contribution in [2.24, 2.45) is 0 Å². The standard InChI is InChI=1S/C17H16BrF2NO/c1-3-10-22-14-6-4-13(5-7-14)16-9-8-15(18)12(2)21(16)11-17(19)20/h3-9,17H,1-2,10-11H2. The van der Waals surface area contributed by atoms with E-state index >= 15 is 0 Å². The summed E-state index contributed by atoms with van der Waals surface area (Å²) in [6.45, 7) is 7.47. The molecule has 0 radical (unpaired) electrons. The zero-order chi connectivity index (χ0) is 16.1. The quantitative estimate of drug-likeness (QED) is 0.658. The highest BCUT2D eigenvalue weighted by atomic mass is 79.9. The summed E-state index contributed by atoms with van der Waals surface area (Å²) in [5.41, 5.74) is 2.03. The van der Waals surface area contributed by atoms with Gasteiger partial charge in [-0.25, -0.2) is 8.78 Å². The van der Waals surface area contributed by atoms with Gasteiger partial charge < -0.3 is 9.64 Å². The van der Waals surface area contributed by atoms with Crippen LogP contribution >= 0.6 is 15.9 Å². The van der Waals surface area contributed by atoms with Crippen LogP contribution < -0.4 is 4.74 Å². The maximum atomic E-state index is 12.8. The molecule has 0 saturated heterocycles. The van der Waals surface area contributed by atoms with Gasteiger partial charge in [-0.15, -0.1) is 0 Å². The van der Waals surface area contributed by atoms with Crippen LogP contribution in [-0.4, -0.2) is 24.5 Å². The van der Waals surface area contributed by atoms with Gasteiger partial charge in [0, 0.05) is 15.9 Å². The van der Waals surface area contributed by atoms with Gasteiger partial charge in [0.15, 0.2) is 0 Å². The molecule has 0 fully saturated rings. The molecule has 1 aromatic rings. The van der Waals surface area contributed by atoms with Crippen molar-refractivity contribution in [3.05, 3.63) is 71.4 Å². The van der Waals surface area contributed by atoms with E-state index in [0.29, 0.717) is 28.2 Å². The highest BCUT2D eigenvalue weighted by Gasteiger charge is 2.23. The fourth-order valence-corrected chi connectivity index (χ4v) is 2.43. The van der Waals surface area contributed by atoms with Crippen molar-refractivity contribution in [3.63, 3.8) is 0 Å². The third-order valence-corrected chi connectivity index (χ3v) is 3.84. The normalized spacial score (nSPS) is 14.7. The average Bonchev–Trinajstić information content (AvgIpc) is 2.50. The maximum Gasteiger partial charge on any atom is 0.256 e. The lowest BCUT2D eigenvalue weighted by Crippen LogP contribution is -2.28. The SMILES string of the molecule is C=CCOc1ccc(C2=CC=C(Br)C(=C)N2CC(F)F)cc1. The van der Waals surface area contributed by atoms with E-state index in [-0.39, 0.29) is 0 Å². The Morgan fingerprint density at radius 3 is 2.50 bits per heavy atom. The number of hydrogen-bond donors (Lipinski definition) is 0. The average molecular weight is 368 g/mol. The van der Waals surface area contributed by atoms with E-state index in [2.05, 4.69) is 29.1 Å². The minimum absolute atomic E-state index is 0.400. The van der Waals surface area contributed by atoms with Crippen molar-refractivity contribution < 1.29 is 13.5 Å². The summed E-state index contributed by atoms with van der Waals surface area (Å²) in [7, 11) is 0. The van der Waals surface area contributed by atoms with Crippen LogP contribution in [-0.2, 0) is 0 Å². The molecular weight excluding hydrogens is 352 g/mol.